The molecular weight excluding hydrogens is 395 g/mol. The Labute approximate surface area is 149 Å². The lowest BCUT2D eigenvalue weighted by Crippen LogP contribution is -2.53. The summed E-state index contributed by atoms with van der Waals surface area (Å²) < 4.78 is 44.6. The van der Waals surface area contributed by atoms with Gasteiger partial charge in [-0.25, -0.2) is 0 Å². The fraction of sp³-hybridized carbons (Fsp3) is 0.333. The molecule has 0 bridgehead atoms. The van der Waals surface area contributed by atoms with Gasteiger partial charge in [0.25, 0.3) is 11.8 Å². The number of piperidine rings is 1. The van der Waals surface area contributed by atoms with E-state index in [4.69, 9.17) is 21.7 Å². The average molecular weight is 411 g/mol. The summed E-state index contributed by atoms with van der Waals surface area (Å²) >= 11 is 5.74. The molecule has 1 saturated heterocycles. The van der Waals surface area contributed by atoms with Gasteiger partial charge in [-0.05, 0) is 37.1 Å². The lowest BCUT2D eigenvalue weighted by molar-refractivity contribution is -0.130. The molecule has 1 aliphatic heterocycles. The first-order valence-electron chi connectivity index (χ1n) is 7.03. The summed E-state index contributed by atoms with van der Waals surface area (Å²) in [6.07, 6.45) is 0.589. The van der Waals surface area contributed by atoms with Crippen LogP contribution in [0.3, 0.4) is 0 Å². The van der Waals surface area contributed by atoms with Crippen LogP contribution in [0, 0.1) is 0 Å². The molecule has 1 unspecified atom stereocenters. The first-order chi connectivity index (χ1) is 11.5. The zero-order valence-electron chi connectivity index (χ0n) is 12.8. The van der Waals surface area contributed by atoms with Gasteiger partial charge in [0.15, 0.2) is 0 Å². The van der Waals surface area contributed by atoms with Crippen molar-refractivity contribution in [3.8, 4) is 0 Å². The predicted octanol–water partition coefficient (Wildman–Crippen LogP) is 0.520. The molecule has 2 amide bonds. The van der Waals surface area contributed by atoms with Gasteiger partial charge >= 0.3 is 17.9 Å². The zero-order valence-corrected chi connectivity index (χ0v) is 15.2. The van der Waals surface area contributed by atoms with Crippen LogP contribution in [0.25, 0.3) is 0 Å². The molecule has 10 nitrogen and oxygen atoms in total. The van der Waals surface area contributed by atoms with Crippen molar-refractivity contribution >= 4 is 41.3 Å². The molecule has 0 radical (unpaired) electrons. The van der Waals surface area contributed by atoms with Crippen LogP contribution in [-0.4, -0.2) is 42.0 Å². The van der Waals surface area contributed by atoms with Gasteiger partial charge in [0.05, 0.1) is 0 Å². The summed E-state index contributed by atoms with van der Waals surface area (Å²) in [6, 6.07) is 4.93. The van der Waals surface area contributed by atoms with E-state index in [9.17, 15) is 22.6 Å². The van der Waals surface area contributed by atoms with Crippen molar-refractivity contribution < 1.29 is 27.1 Å². The minimum Gasteiger partial charge on any atom is -0.340 e. The van der Waals surface area contributed by atoms with E-state index < -0.39 is 35.8 Å². The van der Waals surface area contributed by atoms with Gasteiger partial charge in [-0.1, -0.05) is 11.6 Å². The molecule has 1 heterocycles. The van der Waals surface area contributed by atoms with Crippen molar-refractivity contribution in [3.05, 3.63) is 34.9 Å². The SMILES string of the molecule is NP(=O)(NS(=O)(=O)O)N1CCC[C@H](NC(=O)c2ccc(Cl)cc2)C1=O. The quantitative estimate of drug-likeness (QED) is 0.406. The Bertz CT molecular complexity index is 831. The molecule has 0 saturated carbocycles. The van der Waals surface area contributed by atoms with Crippen molar-refractivity contribution in [2.45, 2.75) is 18.9 Å². The third-order valence-electron chi connectivity index (χ3n) is 3.43. The number of benzene rings is 1. The van der Waals surface area contributed by atoms with Gasteiger partial charge in [-0.15, -0.1) is 4.49 Å². The van der Waals surface area contributed by atoms with Crippen LogP contribution in [0.4, 0.5) is 0 Å². The second-order valence-electron chi connectivity index (χ2n) is 5.33. The molecule has 1 aromatic rings. The van der Waals surface area contributed by atoms with E-state index in [1.165, 1.54) is 28.8 Å². The number of carbonyl (C=O) groups excluding carboxylic acids is 2. The number of rotatable bonds is 5. The zero-order chi connectivity index (χ0) is 18.8. The number of hydrogen-bond donors (Lipinski definition) is 4. The van der Waals surface area contributed by atoms with Crippen LogP contribution in [-0.2, 0) is 19.7 Å². The topological polar surface area (TPSA) is 159 Å². The van der Waals surface area contributed by atoms with Gasteiger partial charge in [-0.2, -0.15) is 8.42 Å². The average Bonchev–Trinajstić information content (AvgIpc) is 2.47. The molecule has 0 aromatic heterocycles. The van der Waals surface area contributed by atoms with Crippen molar-refractivity contribution in [1.82, 2.24) is 14.5 Å². The highest BCUT2D eigenvalue weighted by Crippen LogP contribution is 2.40. The number of amides is 2. The second-order valence-corrected chi connectivity index (χ2v) is 9.17. The summed E-state index contributed by atoms with van der Waals surface area (Å²) in [6.45, 7) is -0.0809. The number of nitrogens with zero attached hydrogens (tertiary/aromatic N) is 1. The van der Waals surface area contributed by atoms with Crippen LogP contribution < -0.4 is 15.3 Å². The Balaban J connectivity index is 2.12. The molecule has 1 aromatic carbocycles. The summed E-state index contributed by atoms with van der Waals surface area (Å²) in [5, 5.41) is 2.92. The van der Waals surface area contributed by atoms with E-state index in [2.05, 4.69) is 5.32 Å². The minimum absolute atomic E-state index is 0.0809. The molecule has 1 aliphatic rings. The maximum absolute atomic E-state index is 12.4. The fourth-order valence-corrected chi connectivity index (χ4v) is 5.06. The van der Waals surface area contributed by atoms with Crippen molar-refractivity contribution in [2.24, 2.45) is 5.50 Å². The maximum Gasteiger partial charge on any atom is 0.341 e. The molecule has 138 valence electrons. The first kappa shape index (κ1) is 19.8. The second kappa shape index (κ2) is 7.40. The third-order valence-corrected chi connectivity index (χ3v) is 6.77. The van der Waals surface area contributed by atoms with E-state index >= 15 is 0 Å². The standard InChI is InChI=1S/C12H16ClN4O6PS/c13-9-5-3-8(4-6-9)11(18)15-10-2-1-7-17(12(10)19)24(14,20)16-25(21,22)23/h3-6,10H,1-2,7H2,(H,15,18)(H3,14,16,20)(H,21,22,23)/t10-,24?/m0/s1. The van der Waals surface area contributed by atoms with Crippen molar-refractivity contribution in [3.63, 3.8) is 0 Å². The maximum atomic E-state index is 12.4. The molecule has 0 spiro atoms. The summed E-state index contributed by atoms with van der Waals surface area (Å²) in [5.74, 6) is -1.36. The Morgan fingerprint density at radius 1 is 1.36 bits per heavy atom. The predicted molar refractivity (Wildman–Crippen MR) is 90.1 cm³/mol. The number of carbonyl (C=O) groups is 2. The van der Waals surface area contributed by atoms with Gasteiger partial charge in [-0.3, -0.25) is 28.9 Å². The van der Waals surface area contributed by atoms with Crippen LogP contribution >= 0.6 is 19.2 Å². The summed E-state index contributed by atoms with van der Waals surface area (Å²) in [7, 11) is -9.25. The van der Waals surface area contributed by atoms with Crippen molar-refractivity contribution in [1.29, 1.82) is 0 Å². The lowest BCUT2D eigenvalue weighted by atomic mass is 10.1. The normalized spacial score (nSPS) is 20.8. The van der Waals surface area contributed by atoms with Gasteiger partial charge in [0, 0.05) is 17.1 Å². The summed E-state index contributed by atoms with van der Waals surface area (Å²) in [5.41, 5.74) is 5.64. The number of nitrogens with one attached hydrogen (secondary N) is 2. The monoisotopic (exact) mass is 410 g/mol. The van der Waals surface area contributed by atoms with Crippen LogP contribution in [0.15, 0.2) is 24.3 Å². The first-order valence-corrected chi connectivity index (χ1v) is 10.6. The molecule has 2 rings (SSSR count). The smallest absolute Gasteiger partial charge is 0.340 e. The molecule has 13 heteroatoms. The molecule has 1 fully saturated rings. The number of halogens is 1. The van der Waals surface area contributed by atoms with E-state index in [1.54, 1.807) is 0 Å². The van der Waals surface area contributed by atoms with E-state index in [1.807, 2.05) is 0 Å². The Kier molecular flexibility index (Phi) is 5.87. The largest absolute Gasteiger partial charge is 0.341 e. The fourth-order valence-electron chi connectivity index (χ4n) is 2.35. The van der Waals surface area contributed by atoms with E-state index in [0.29, 0.717) is 16.1 Å². The number of nitrogens with two attached hydrogens (primary N) is 1. The minimum atomic E-state index is -4.87. The third kappa shape index (κ3) is 5.24. The van der Waals surface area contributed by atoms with Crippen LogP contribution in [0.1, 0.15) is 23.2 Å². The lowest BCUT2D eigenvalue weighted by Gasteiger charge is -2.35. The molecule has 25 heavy (non-hydrogen) atoms. The van der Waals surface area contributed by atoms with Crippen molar-refractivity contribution in [2.75, 3.05) is 6.54 Å². The molecule has 0 aliphatic carbocycles. The van der Waals surface area contributed by atoms with Crippen LogP contribution in [0.2, 0.25) is 5.02 Å². The highest BCUT2D eigenvalue weighted by molar-refractivity contribution is 7.90. The Morgan fingerprint density at radius 2 is 1.96 bits per heavy atom. The molecule has 2 atom stereocenters. The summed E-state index contributed by atoms with van der Waals surface area (Å²) in [4.78, 5) is 24.6. The highest BCUT2D eigenvalue weighted by atomic mass is 35.5. The molecule has 5 N–H and O–H groups in total. The number of hydrogen-bond acceptors (Lipinski definition) is 5. The Hall–Kier alpha value is -1.49. The van der Waals surface area contributed by atoms with E-state index in [-0.39, 0.29) is 18.5 Å². The van der Waals surface area contributed by atoms with E-state index in [0.717, 1.165) is 0 Å². The van der Waals surface area contributed by atoms with Gasteiger partial charge < -0.3 is 5.32 Å². The van der Waals surface area contributed by atoms with Gasteiger partial charge in [0.1, 0.15) is 6.04 Å². The molecular formula is C12H16ClN4O6PS. The van der Waals surface area contributed by atoms with Gasteiger partial charge in [0.2, 0.25) is 0 Å². The highest BCUT2D eigenvalue weighted by Gasteiger charge is 2.40. The Morgan fingerprint density at radius 3 is 2.52 bits per heavy atom. The van der Waals surface area contributed by atoms with Crippen LogP contribution in [0.5, 0.6) is 0 Å².